The summed E-state index contributed by atoms with van der Waals surface area (Å²) in [5, 5.41) is 23.6. The highest BCUT2D eigenvalue weighted by molar-refractivity contribution is 7.22. The Hall–Kier alpha value is -4.48. The van der Waals surface area contributed by atoms with Crippen LogP contribution in [0.2, 0.25) is 5.02 Å². The second-order valence-corrected chi connectivity index (χ2v) is 9.93. The van der Waals surface area contributed by atoms with Crippen molar-refractivity contribution >= 4 is 61.4 Å². The molecule has 1 N–H and O–H groups in total. The number of hydrogen-bond acceptors (Lipinski definition) is 9. The molecule has 3 heterocycles. The van der Waals surface area contributed by atoms with Gasteiger partial charge < -0.3 is 14.6 Å². The van der Waals surface area contributed by atoms with Crippen molar-refractivity contribution in [3.8, 4) is 11.5 Å². The number of fused-ring (bicyclic) bond motifs is 2. The van der Waals surface area contributed by atoms with Crippen molar-refractivity contribution in [2.75, 3.05) is 18.1 Å². The summed E-state index contributed by atoms with van der Waals surface area (Å²) in [7, 11) is 0. The fraction of sp³-hybridized carbons (Fsp3) is 0.115. The summed E-state index contributed by atoms with van der Waals surface area (Å²) in [5.74, 6) is -1.47. The molecule has 2 aliphatic rings. The molecule has 4 aromatic rings. The summed E-state index contributed by atoms with van der Waals surface area (Å²) in [4.78, 5) is 43.5. The molecule has 38 heavy (non-hydrogen) atoms. The monoisotopic (exact) mass is 549 g/mol. The van der Waals surface area contributed by atoms with E-state index in [1.807, 2.05) is 0 Å². The second kappa shape index (κ2) is 9.12. The third-order valence-electron chi connectivity index (χ3n) is 6.20. The van der Waals surface area contributed by atoms with E-state index >= 15 is 0 Å². The molecule has 0 bridgehead atoms. The summed E-state index contributed by atoms with van der Waals surface area (Å²) in [5.41, 5.74) is 0.572. The third-order valence-corrected chi connectivity index (χ3v) is 7.45. The average Bonchev–Trinajstić information content (AvgIpc) is 3.45. The molecule has 2 aliphatic heterocycles. The van der Waals surface area contributed by atoms with Crippen molar-refractivity contribution in [1.82, 2.24) is 4.98 Å². The number of hydrogen-bond donors (Lipinski definition) is 1. The SMILES string of the molecule is O=C1C(=O)N(c2nc3ccc(Cl)cc3s2)C(c2cccc([N+](=O)[O-])c2)C1=C(O)c1ccc2c(c1)OCCO2. The van der Waals surface area contributed by atoms with Crippen molar-refractivity contribution in [3.05, 3.63) is 92.5 Å². The molecule has 12 heteroatoms. The fourth-order valence-electron chi connectivity index (χ4n) is 4.49. The molecule has 1 amide bonds. The van der Waals surface area contributed by atoms with E-state index < -0.39 is 28.4 Å². The molecule has 0 spiro atoms. The lowest BCUT2D eigenvalue weighted by Gasteiger charge is -2.23. The van der Waals surface area contributed by atoms with Gasteiger partial charge in [0.15, 0.2) is 16.6 Å². The highest BCUT2D eigenvalue weighted by Crippen LogP contribution is 2.45. The highest BCUT2D eigenvalue weighted by Gasteiger charge is 2.48. The van der Waals surface area contributed by atoms with E-state index in [1.165, 1.54) is 24.3 Å². The third kappa shape index (κ3) is 3.92. The van der Waals surface area contributed by atoms with Gasteiger partial charge in [-0.1, -0.05) is 35.1 Å². The minimum atomic E-state index is -1.18. The molecular formula is C26H16ClN3O7S. The molecular weight excluding hydrogens is 534 g/mol. The molecule has 1 unspecified atom stereocenters. The number of aromatic nitrogens is 1. The van der Waals surface area contributed by atoms with E-state index in [9.17, 15) is 24.8 Å². The van der Waals surface area contributed by atoms with Gasteiger partial charge in [-0.05, 0) is 42.0 Å². The molecule has 1 fully saturated rings. The van der Waals surface area contributed by atoms with Crippen LogP contribution in [-0.4, -0.2) is 39.9 Å². The van der Waals surface area contributed by atoms with Gasteiger partial charge in [-0.3, -0.25) is 24.6 Å². The summed E-state index contributed by atoms with van der Waals surface area (Å²) in [6.45, 7) is 0.695. The fourth-order valence-corrected chi connectivity index (χ4v) is 5.76. The van der Waals surface area contributed by atoms with Crippen LogP contribution in [0.3, 0.4) is 0 Å². The zero-order chi connectivity index (χ0) is 26.6. The van der Waals surface area contributed by atoms with Gasteiger partial charge in [-0.25, -0.2) is 4.98 Å². The average molecular weight is 550 g/mol. The minimum absolute atomic E-state index is 0.182. The lowest BCUT2D eigenvalue weighted by molar-refractivity contribution is -0.384. The Bertz CT molecular complexity index is 1700. The maximum absolute atomic E-state index is 13.4. The standard InChI is InChI=1S/C26H16ClN3O7S/c27-15-5-6-17-20(12-15)38-26(28-17)29-22(13-2-1-3-16(10-13)30(34)35)21(24(32)25(29)33)23(31)14-4-7-18-19(11-14)37-9-8-36-18/h1-7,10-12,22,31H,8-9H2. The first kappa shape index (κ1) is 23.9. The number of non-ortho nitro benzene ring substituents is 1. The second-order valence-electron chi connectivity index (χ2n) is 8.49. The number of nitro benzene ring substituents is 1. The number of nitrogens with zero attached hydrogens (tertiary/aromatic N) is 3. The van der Waals surface area contributed by atoms with Crippen LogP contribution < -0.4 is 14.4 Å². The first-order valence-electron chi connectivity index (χ1n) is 11.3. The first-order chi connectivity index (χ1) is 18.3. The molecule has 0 saturated carbocycles. The normalized spacial score (nSPS) is 18.2. The number of carbonyl (C=O) groups is 2. The molecule has 6 rings (SSSR count). The number of ether oxygens (including phenoxy) is 2. The zero-order valence-corrected chi connectivity index (χ0v) is 20.9. The van der Waals surface area contributed by atoms with E-state index in [0.717, 1.165) is 16.2 Å². The quantitative estimate of drug-likeness (QED) is 0.120. The van der Waals surface area contributed by atoms with E-state index in [-0.39, 0.29) is 27.5 Å². The number of benzene rings is 3. The number of ketones is 1. The minimum Gasteiger partial charge on any atom is -0.507 e. The number of aliphatic hydroxyl groups is 1. The molecule has 10 nitrogen and oxygen atoms in total. The number of carbonyl (C=O) groups excluding carboxylic acids is 2. The van der Waals surface area contributed by atoms with Crippen LogP contribution >= 0.6 is 22.9 Å². The Labute approximate surface area is 223 Å². The van der Waals surface area contributed by atoms with Crippen LogP contribution in [-0.2, 0) is 9.59 Å². The van der Waals surface area contributed by atoms with E-state index in [2.05, 4.69) is 4.98 Å². The lowest BCUT2D eigenvalue weighted by atomic mass is 9.95. The number of nitro groups is 1. The van der Waals surface area contributed by atoms with Crippen molar-refractivity contribution < 1.29 is 29.1 Å². The summed E-state index contributed by atoms with van der Waals surface area (Å²) in [6, 6.07) is 14.1. The number of halogens is 1. The molecule has 1 saturated heterocycles. The maximum Gasteiger partial charge on any atom is 0.301 e. The topological polar surface area (TPSA) is 132 Å². The van der Waals surface area contributed by atoms with Crippen molar-refractivity contribution in [3.63, 3.8) is 0 Å². The number of anilines is 1. The van der Waals surface area contributed by atoms with Gasteiger partial charge in [-0.2, -0.15) is 0 Å². The van der Waals surface area contributed by atoms with Crippen LogP contribution in [0, 0.1) is 10.1 Å². The first-order valence-corrected chi connectivity index (χ1v) is 12.5. The van der Waals surface area contributed by atoms with E-state index in [4.69, 9.17) is 21.1 Å². The largest absolute Gasteiger partial charge is 0.507 e. The van der Waals surface area contributed by atoms with Gasteiger partial charge in [0.05, 0.1) is 26.8 Å². The molecule has 0 radical (unpaired) electrons. The maximum atomic E-state index is 13.4. The summed E-state index contributed by atoms with van der Waals surface area (Å²) in [6.07, 6.45) is 0. The molecule has 3 aromatic carbocycles. The Kier molecular flexibility index (Phi) is 5.73. The Morgan fingerprint density at radius 3 is 2.66 bits per heavy atom. The Morgan fingerprint density at radius 2 is 1.87 bits per heavy atom. The van der Waals surface area contributed by atoms with Crippen LogP contribution in [0.5, 0.6) is 11.5 Å². The predicted molar refractivity (Wildman–Crippen MR) is 140 cm³/mol. The number of thiazole rings is 1. The molecule has 190 valence electrons. The van der Waals surface area contributed by atoms with Crippen LogP contribution in [0.25, 0.3) is 16.0 Å². The smallest absolute Gasteiger partial charge is 0.301 e. The lowest BCUT2D eigenvalue weighted by Crippen LogP contribution is -2.29. The van der Waals surface area contributed by atoms with Crippen molar-refractivity contribution in [1.29, 1.82) is 0 Å². The number of rotatable bonds is 4. The molecule has 1 atom stereocenters. The van der Waals surface area contributed by atoms with Gasteiger partial charge in [0.25, 0.3) is 11.5 Å². The Morgan fingerprint density at radius 1 is 1.08 bits per heavy atom. The van der Waals surface area contributed by atoms with E-state index in [0.29, 0.717) is 40.0 Å². The van der Waals surface area contributed by atoms with Gasteiger partial charge in [0.2, 0.25) is 0 Å². The number of amides is 1. The molecule has 0 aliphatic carbocycles. The highest BCUT2D eigenvalue weighted by atomic mass is 35.5. The van der Waals surface area contributed by atoms with Gasteiger partial charge >= 0.3 is 5.91 Å². The summed E-state index contributed by atoms with van der Waals surface area (Å²) < 4.78 is 11.8. The zero-order valence-electron chi connectivity index (χ0n) is 19.3. The van der Waals surface area contributed by atoms with E-state index in [1.54, 1.807) is 36.4 Å². The van der Waals surface area contributed by atoms with Gasteiger partial charge in [-0.15, -0.1) is 0 Å². The molecule has 1 aromatic heterocycles. The van der Waals surface area contributed by atoms with Crippen molar-refractivity contribution in [2.45, 2.75) is 6.04 Å². The number of aliphatic hydroxyl groups excluding tert-OH is 1. The predicted octanol–water partition coefficient (Wildman–Crippen LogP) is 5.26. The van der Waals surface area contributed by atoms with Crippen molar-refractivity contribution in [2.24, 2.45) is 0 Å². The van der Waals surface area contributed by atoms with Crippen LogP contribution in [0.15, 0.2) is 66.2 Å². The van der Waals surface area contributed by atoms with Crippen LogP contribution in [0.4, 0.5) is 10.8 Å². The van der Waals surface area contributed by atoms with Crippen LogP contribution in [0.1, 0.15) is 17.2 Å². The Balaban J connectivity index is 1.56. The summed E-state index contributed by atoms with van der Waals surface area (Å²) >= 11 is 7.25. The van der Waals surface area contributed by atoms with Gasteiger partial charge in [0.1, 0.15) is 19.0 Å². The van der Waals surface area contributed by atoms with Gasteiger partial charge in [0, 0.05) is 22.7 Å². The number of Topliss-reactive ketones (excluding diaryl/α,β-unsaturated/α-hetero) is 1.